The van der Waals surface area contributed by atoms with Crippen molar-refractivity contribution in [1.29, 1.82) is 0 Å². The number of hydrogen-bond acceptors (Lipinski definition) is 5. The summed E-state index contributed by atoms with van der Waals surface area (Å²) in [7, 11) is 0. The lowest BCUT2D eigenvalue weighted by atomic mass is 9.98. The van der Waals surface area contributed by atoms with Gasteiger partial charge in [0.2, 0.25) is 0 Å². The van der Waals surface area contributed by atoms with E-state index in [2.05, 4.69) is 21.9 Å². The topological polar surface area (TPSA) is 62.2 Å². The number of likely N-dealkylation sites (tertiary alicyclic amines) is 1. The van der Waals surface area contributed by atoms with Gasteiger partial charge in [-0.2, -0.15) is 0 Å². The Morgan fingerprint density at radius 2 is 1.66 bits per heavy atom. The van der Waals surface area contributed by atoms with E-state index in [-0.39, 0.29) is 18.3 Å². The van der Waals surface area contributed by atoms with Crippen LogP contribution in [-0.4, -0.2) is 55.4 Å². The molecule has 0 aliphatic carbocycles. The van der Waals surface area contributed by atoms with Gasteiger partial charge in [0.25, 0.3) is 0 Å². The predicted molar refractivity (Wildman–Crippen MR) is 115 cm³/mol. The van der Waals surface area contributed by atoms with Crippen molar-refractivity contribution >= 4 is 29.8 Å². The number of halogens is 1. The maximum atomic E-state index is 11.2. The van der Waals surface area contributed by atoms with Crippen molar-refractivity contribution in [3.8, 4) is 11.5 Å². The Kier molecular flexibility index (Phi) is 7.36. The molecule has 2 aliphatic heterocycles. The van der Waals surface area contributed by atoms with Gasteiger partial charge in [-0.1, -0.05) is 24.3 Å². The minimum atomic E-state index is -0.685. The van der Waals surface area contributed by atoms with Crippen LogP contribution in [-0.2, 0) is 9.53 Å². The lowest BCUT2D eigenvalue weighted by Gasteiger charge is -2.33. The van der Waals surface area contributed by atoms with Gasteiger partial charge in [-0.05, 0) is 43.7 Å². The smallest absolute Gasteiger partial charge is 0.307 e. The molecular formula is C22H27ClN2O4. The molecule has 156 valence electrons. The maximum Gasteiger partial charge on any atom is 0.307 e. The highest BCUT2D eigenvalue weighted by atomic mass is 35.5. The zero-order valence-corrected chi connectivity index (χ0v) is 17.1. The number of ether oxygens (including phenoxy) is 2. The SMILES string of the molecule is Cl.O=C(O)[C@@H]1CCCN(CCOCCN2c3ccccc3Oc3ccccc32)C1. The van der Waals surface area contributed by atoms with E-state index in [1.54, 1.807) is 0 Å². The third-order valence-corrected chi connectivity index (χ3v) is 5.40. The first-order valence-corrected chi connectivity index (χ1v) is 9.89. The second kappa shape index (κ2) is 9.96. The van der Waals surface area contributed by atoms with E-state index in [1.165, 1.54) is 0 Å². The van der Waals surface area contributed by atoms with E-state index in [9.17, 15) is 9.90 Å². The number of fused-ring (bicyclic) bond motifs is 2. The summed E-state index contributed by atoms with van der Waals surface area (Å²) >= 11 is 0. The molecule has 6 nitrogen and oxygen atoms in total. The summed E-state index contributed by atoms with van der Waals surface area (Å²) in [6.45, 7) is 4.30. The van der Waals surface area contributed by atoms with Crippen LogP contribution >= 0.6 is 12.4 Å². The third-order valence-electron chi connectivity index (χ3n) is 5.40. The quantitative estimate of drug-likeness (QED) is 0.681. The molecule has 0 saturated carbocycles. The van der Waals surface area contributed by atoms with E-state index in [0.29, 0.717) is 19.8 Å². The van der Waals surface area contributed by atoms with E-state index >= 15 is 0 Å². The Balaban J connectivity index is 0.00000240. The van der Waals surface area contributed by atoms with Gasteiger partial charge in [0.15, 0.2) is 11.5 Å². The number of piperidine rings is 1. The first-order valence-electron chi connectivity index (χ1n) is 9.89. The third kappa shape index (κ3) is 5.01. The van der Waals surface area contributed by atoms with E-state index < -0.39 is 5.97 Å². The van der Waals surface area contributed by atoms with Crippen LogP contribution < -0.4 is 9.64 Å². The summed E-state index contributed by atoms with van der Waals surface area (Å²) in [5.41, 5.74) is 2.09. The molecular weight excluding hydrogens is 392 g/mol. The van der Waals surface area contributed by atoms with Crippen LogP contribution in [0, 0.1) is 5.92 Å². The highest BCUT2D eigenvalue weighted by Gasteiger charge is 2.25. The van der Waals surface area contributed by atoms with E-state index in [4.69, 9.17) is 9.47 Å². The van der Waals surface area contributed by atoms with Crippen molar-refractivity contribution in [3.63, 3.8) is 0 Å². The fraction of sp³-hybridized carbons (Fsp3) is 0.409. The Morgan fingerprint density at radius 3 is 2.31 bits per heavy atom. The van der Waals surface area contributed by atoms with Crippen molar-refractivity contribution in [2.75, 3.05) is 44.3 Å². The van der Waals surface area contributed by atoms with Gasteiger partial charge in [0.1, 0.15) is 0 Å². The molecule has 0 unspecified atom stereocenters. The van der Waals surface area contributed by atoms with Gasteiger partial charge in [-0.15, -0.1) is 12.4 Å². The van der Waals surface area contributed by atoms with Gasteiger partial charge in [-0.3, -0.25) is 4.79 Å². The van der Waals surface area contributed by atoms with Crippen LogP contribution in [0.15, 0.2) is 48.5 Å². The van der Waals surface area contributed by atoms with Crippen molar-refractivity contribution in [2.45, 2.75) is 12.8 Å². The highest BCUT2D eigenvalue weighted by molar-refractivity contribution is 5.85. The number of anilines is 2. The second-order valence-corrected chi connectivity index (χ2v) is 7.28. The molecule has 4 rings (SSSR count). The molecule has 2 aromatic carbocycles. The molecule has 0 amide bonds. The van der Waals surface area contributed by atoms with E-state index in [0.717, 1.165) is 55.3 Å². The molecule has 1 N–H and O–H groups in total. The van der Waals surface area contributed by atoms with Gasteiger partial charge >= 0.3 is 5.97 Å². The van der Waals surface area contributed by atoms with Crippen LogP contribution in [0.5, 0.6) is 11.5 Å². The average Bonchev–Trinajstić information content (AvgIpc) is 2.73. The number of nitrogens with zero attached hydrogens (tertiary/aromatic N) is 2. The zero-order chi connectivity index (χ0) is 19.3. The van der Waals surface area contributed by atoms with Gasteiger partial charge < -0.3 is 24.4 Å². The standard InChI is InChI=1S/C22H26N2O4.ClH/c25-22(26)17-6-5-11-23(16-17)12-14-27-15-13-24-18-7-1-3-9-20(18)28-21-10-4-2-8-19(21)24;/h1-4,7-10,17H,5-6,11-16H2,(H,25,26);1H/t17-;/m1./s1. The second-order valence-electron chi connectivity index (χ2n) is 7.28. The number of hydrogen-bond donors (Lipinski definition) is 1. The molecule has 2 heterocycles. The first-order chi connectivity index (χ1) is 13.7. The number of carbonyl (C=O) groups is 1. The molecule has 29 heavy (non-hydrogen) atoms. The Hall–Kier alpha value is -2.28. The lowest BCUT2D eigenvalue weighted by Crippen LogP contribution is -2.40. The number of carboxylic acids is 1. The van der Waals surface area contributed by atoms with Crippen molar-refractivity contribution in [2.24, 2.45) is 5.92 Å². The summed E-state index contributed by atoms with van der Waals surface area (Å²) in [4.78, 5) is 15.6. The summed E-state index contributed by atoms with van der Waals surface area (Å²) in [6.07, 6.45) is 1.72. The minimum Gasteiger partial charge on any atom is -0.481 e. The number of aliphatic carboxylic acids is 1. The van der Waals surface area contributed by atoms with Gasteiger partial charge in [0, 0.05) is 19.6 Å². The fourth-order valence-electron chi connectivity index (χ4n) is 3.93. The van der Waals surface area contributed by atoms with Crippen molar-refractivity contribution in [1.82, 2.24) is 4.90 Å². The molecule has 2 aliphatic rings. The molecule has 0 radical (unpaired) electrons. The summed E-state index contributed by atoms with van der Waals surface area (Å²) in [5.74, 6) is 0.786. The van der Waals surface area contributed by atoms with Gasteiger partial charge in [-0.25, -0.2) is 0 Å². The fourth-order valence-corrected chi connectivity index (χ4v) is 3.93. The maximum absolute atomic E-state index is 11.2. The summed E-state index contributed by atoms with van der Waals surface area (Å²) in [5, 5.41) is 9.20. The van der Waals surface area contributed by atoms with Crippen LogP contribution in [0.25, 0.3) is 0 Å². The number of rotatable bonds is 7. The van der Waals surface area contributed by atoms with Crippen LogP contribution in [0.4, 0.5) is 11.4 Å². The molecule has 1 atom stereocenters. The molecule has 7 heteroatoms. The molecule has 0 spiro atoms. The van der Waals surface area contributed by atoms with Crippen molar-refractivity contribution < 1.29 is 19.4 Å². The Morgan fingerprint density at radius 1 is 1.03 bits per heavy atom. The molecule has 0 aromatic heterocycles. The Bertz CT molecular complexity index is 786. The molecule has 2 aromatic rings. The van der Waals surface area contributed by atoms with E-state index in [1.807, 2.05) is 36.4 Å². The molecule has 0 bridgehead atoms. The molecule has 1 saturated heterocycles. The summed E-state index contributed by atoms with van der Waals surface area (Å²) < 4.78 is 11.9. The number of benzene rings is 2. The largest absolute Gasteiger partial charge is 0.481 e. The van der Waals surface area contributed by atoms with Crippen molar-refractivity contribution in [3.05, 3.63) is 48.5 Å². The molecule has 1 fully saturated rings. The monoisotopic (exact) mass is 418 g/mol. The highest BCUT2D eigenvalue weighted by Crippen LogP contribution is 2.45. The average molecular weight is 419 g/mol. The Labute approximate surface area is 177 Å². The van der Waals surface area contributed by atoms with Crippen LogP contribution in [0.1, 0.15) is 12.8 Å². The number of para-hydroxylation sites is 4. The van der Waals surface area contributed by atoms with Gasteiger partial charge in [0.05, 0.1) is 30.5 Å². The predicted octanol–water partition coefficient (Wildman–Crippen LogP) is 4.17. The summed E-state index contributed by atoms with van der Waals surface area (Å²) in [6, 6.07) is 16.1. The minimum absolute atomic E-state index is 0. The number of carboxylic acid groups (broad SMARTS) is 1. The van der Waals surface area contributed by atoms with Crippen LogP contribution in [0.2, 0.25) is 0 Å². The zero-order valence-electron chi connectivity index (χ0n) is 16.3. The lowest BCUT2D eigenvalue weighted by molar-refractivity contribution is -0.143. The van der Waals surface area contributed by atoms with Crippen LogP contribution in [0.3, 0.4) is 0 Å². The normalized spacial score (nSPS) is 18.2. The first kappa shape index (κ1) is 21.4.